The molecule has 0 atom stereocenters. The Morgan fingerprint density at radius 3 is 2.67 bits per heavy atom. The fourth-order valence-electron chi connectivity index (χ4n) is 3.55. The molecule has 7 nitrogen and oxygen atoms in total. The largest absolute Gasteiger partial charge is 0.361 e. The summed E-state index contributed by atoms with van der Waals surface area (Å²) in [6.45, 7) is 4.47. The molecule has 0 bridgehead atoms. The maximum absolute atomic E-state index is 4.46. The van der Waals surface area contributed by atoms with Crippen molar-refractivity contribution in [3.8, 4) is 0 Å². The maximum atomic E-state index is 4.46. The van der Waals surface area contributed by atoms with Gasteiger partial charge in [0.2, 0.25) is 5.95 Å². The van der Waals surface area contributed by atoms with Gasteiger partial charge in [0, 0.05) is 69.3 Å². The van der Waals surface area contributed by atoms with E-state index < -0.39 is 0 Å². The summed E-state index contributed by atoms with van der Waals surface area (Å²) in [6.07, 6.45) is 6.65. The monoisotopic (exact) mass is 363 g/mol. The molecule has 4 rings (SSSR count). The van der Waals surface area contributed by atoms with Gasteiger partial charge in [0.05, 0.1) is 0 Å². The number of aromatic nitrogens is 3. The third-order valence-corrected chi connectivity index (χ3v) is 4.98. The van der Waals surface area contributed by atoms with Crippen LogP contribution in [0.25, 0.3) is 10.9 Å². The van der Waals surface area contributed by atoms with Gasteiger partial charge in [-0.1, -0.05) is 18.2 Å². The van der Waals surface area contributed by atoms with E-state index in [1.807, 2.05) is 13.1 Å². The number of hydrogen-bond acceptors (Lipinski definition) is 4. The van der Waals surface area contributed by atoms with E-state index in [1.54, 1.807) is 12.4 Å². The smallest absolute Gasteiger partial charge is 0.225 e. The Labute approximate surface area is 159 Å². The Morgan fingerprint density at radius 2 is 1.89 bits per heavy atom. The molecule has 1 aliphatic heterocycles. The van der Waals surface area contributed by atoms with Crippen LogP contribution in [0.2, 0.25) is 0 Å². The van der Waals surface area contributed by atoms with Gasteiger partial charge in [-0.25, -0.2) is 9.97 Å². The van der Waals surface area contributed by atoms with Crippen LogP contribution in [0.15, 0.2) is 53.9 Å². The molecule has 0 saturated carbocycles. The topological polar surface area (TPSA) is 72.4 Å². The molecule has 0 aliphatic carbocycles. The first-order chi connectivity index (χ1) is 13.3. The van der Waals surface area contributed by atoms with Crippen molar-refractivity contribution in [2.24, 2.45) is 4.99 Å². The summed E-state index contributed by atoms with van der Waals surface area (Å²) in [5, 5.41) is 4.81. The quantitative estimate of drug-likeness (QED) is 0.547. The Morgan fingerprint density at radius 1 is 1.11 bits per heavy atom. The Balaban J connectivity index is 1.30. The van der Waals surface area contributed by atoms with Gasteiger partial charge in [0.15, 0.2) is 5.96 Å². The van der Waals surface area contributed by atoms with Crippen LogP contribution < -0.4 is 10.2 Å². The molecule has 3 heterocycles. The minimum Gasteiger partial charge on any atom is -0.361 e. The zero-order valence-corrected chi connectivity index (χ0v) is 15.6. The second-order valence-electron chi connectivity index (χ2n) is 6.61. The minimum atomic E-state index is 0.805. The molecular formula is C20H25N7. The molecule has 3 aromatic rings. The molecule has 0 radical (unpaired) electrons. The SMILES string of the molecule is CN=C(NCCc1c[nH]c2ccccc12)N1CCN(c2ncccn2)CC1. The lowest BCUT2D eigenvalue weighted by molar-refractivity contribution is 0.370. The zero-order chi connectivity index (χ0) is 18.5. The van der Waals surface area contributed by atoms with Crippen molar-refractivity contribution in [3.63, 3.8) is 0 Å². The molecule has 1 aliphatic rings. The van der Waals surface area contributed by atoms with E-state index in [-0.39, 0.29) is 0 Å². The van der Waals surface area contributed by atoms with E-state index in [1.165, 1.54) is 16.5 Å². The Kier molecular flexibility index (Phi) is 5.18. The van der Waals surface area contributed by atoms with Crippen LogP contribution in [0.5, 0.6) is 0 Å². The highest BCUT2D eigenvalue weighted by molar-refractivity contribution is 5.83. The summed E-state index contributed by atoms with van der Waals surface area (Å²) in [5.41, 5.74) is 2.52. The van der Waals surface area contributed by atoms with Crippen molar-refractivity contribution < 1.29 is 0 Å². The Hall–Kier alpha value is -3.09. The molecule has 7 heteroatoms. The predicted molar refractivity (Wildman–Crippen MR) is 109 cm³/mol. The molecular weight excluding hydrogens is 338 g/mol. The molecule has 27 heavy (non-hydrogen) atoms. The van der Waals surface area contributed by atoms with Gasteiger partial charge in [-0.05, 0) is 24.1 Å². The molecule has 2 N–H and O–H groups in total. The third-order valence-electron chi connectivity index (χ3n) is 4.98. The first-order valence-electron chi connectivity index (χ1n) is 9.38. The van der Waals surface area contributed by atoms with Crippen molar-refractivity contribution in [1.82, 2.24) is 25.2 Å². The highest BCUT2D eigenvalue weighted by atomic mass is 15.4. The van der Waals surface area contributed by atoms with E-state index >= 15 is 0 Å². The van der Waals surface area contributed by atoms with Crippen LogP contribution in [0.3, 0.4) is 0 Å². The number of aliphatic imine (C=N–C) groups is 1. The van der Waals surface area contributed by atoms with Crippen LogP contribution in [0.1, 0.15) is 5.56 Å². The highest BCUT2D eigenvalue weighted by Gasteiger charge is 2.20. The van der Waals surface area contributed by atoms with Crippen molar-refractivity contribution in [2.75, 3.05) is 44.7 Å². The van der Waals surface area contributed by atoms with Gasteiger partial charge in [0.25, 0.3) is 0 Å². The number of H-pyrrole nitrogens is 1. The molecule has 0 unspecified atom stereocenters. The standard InChI is InChI=1S/C20H25N7/c1-21-19(24-10-7-16-15-25-18-6-3-2-5-17(16)18)26-11-13-27(14-12-26)20-22-8-4-9-23-20/h2-6,8-9,15,25H,7,10-14H2,1H3,(H,21,24). The Bertz CT molecular complexity index is 895. The van der Waals surface area contributed by atoms with Crippen LogP contribution in [-0.2, 0) is 6.42 Å². The fraction of sp³-hybridized carbons (Fsp3) is 0.350. The number of aromatic amines is 1. The highest BCUT2D eigenvalue weighted by Crippen LogP contribution is 2.17. The summed E-state index contributed by atoms with van der Waals surface area (Å²) in [7, 11) is 1.85. The molecule has 1 aromatic carbocycles. The zero-order valence-electron chi connectivity index (χ0n) is 15.6. The lowest BCUT2D eigenvalue weighted by atomic mass is 10.1. The minimum absolute atomic E-state index is 0.805. The number of nitrogens with one attached hydrogen (secondary N) is 2. The normalized spacial score (nSPS) is 15.4. The first kappa shape index (κ1) is 17.3. The average Bonchev–Trinajstić information content (AvgIpc) is 3.15. The van der Waals surface area contributed by atoms with Gasteiger partial charge in [0.1, 0.15) is 0 Å². The van der Waals surface area contributed by atoms with E-state index in [9.17, 15) is 0 Å². The second kappa shape index (κ2) is 8.07. The van der Waals surface area contributed by atoms with Crippen molar-refractivity contribution in [3.05, 3.63) is 54.5 Å². The fourth-order valence-corrected chi connectivity index (χ4v) is 3.55. The number of para-hydroxylation sites is 1. The molecule has 0 spiro atoms. The number of hydrogen-bond donors (Lipinski definition) is 2. The lowest BCUT2D eigenvalue weighted by Gasteiger charge is -2.36. The van der Waals surface area contributed by atoms with Gasteiger partial charge in [-0.2, -0.15) is 0 Å². The van der Waals surface area contributed by atoms with E-state index in [0.29, 0.717) is 0 Å². The third kappa shape index (κ3) is 3.86. The lowest BCUT2D eigenvalue weighted by Crippen LogP contribution is -2.53. The number of piperazine rings is 1. The molecule has 1 saturated heterocycles. The predicted octanol–water partition coefficient (Wildman–Crippen LogP) is 1.90. The molecule has 2 aromatic heterocycles. The van der Waals surface area contributed by atoms with Gasteiger partial charge in [-0.15, -0.1) is 0 Å². The van der Waals surface area contributed by atoms with Crippen LogP contribution in [0, 0.1) is 0 Å². The molecule has 140 valence electrons. The summed E-state index contributed by atoms with van der Waals surface area (Å²) in [6, 6.07) is 10.3. The van der Waals surface area contributed by atoms with Crippen molar-refractivity contribution in [1.29, 1.82) is 0 Å². The van der Waals surface area contributed by atoms with Crippen LogP contribution in [-0.4, -0.2) is 65.6 Å². The molecule has 0 amide bonds. The number of rotatable bonds is 4. The van der Waals surface area contributed by atoms with E-state index in [4.69, 9.17) is 0 Å². The first-order valence-corrected chi connectivity index (χ1v) is 9.38. The summed E-state index contributed by atoms with van der Waals surface area (Å²) in [5.74, 6) is 1.77. The number of nitrogens with zero attached hydrogens (tertiary/aromatic N) is 5. The van der Waals surface area contributed by atoms with Crippen molar-refractivity contribution >= 4 is 22.8 Å². The van der Waals surface area contributed by atoms with Crippen LogP contribution in [0.4, 0.5) is 5.95 Å². The van der Waals surface area contributed by atoms with Gasteiger partial charge < -0.3 is 20.1 Å². The number of guanidine groups is 1. The van der Waals surface area contributed by atoms with E-state index in [2.05, 4.69) is 65.5 Å². The number of anilines is 1. The van der Waals surface area contributed by atoms with Gasteiger partial charge >= 0.3 is 0 Å². The van der Waals surface area contributed by atoms with Crippen molar-refractivity contribution in [2.45, 2.75) is 6.42 Å². The second-order valence-corrected chi connectivity index (χ2v) is 6.61. The number of benzene rings is 1. The average molecular weight is 363 g/mol. The number of fused-ring (bicyclic) bond motifs is 1. The van der Waals surface area contributed by atoms with E-state index in [0.717, 1.165) is 51.1 Å². The summed E-state index contributed by atoms with van der Waals surface area (Å²) < 4.78 is 0. The molecule has 1 fully saturated rings. The van der Waals surface area contributed by atoms with Gasteiger partial charge in [-0.3, -0.25) is 4.99 Å². The van der Waals surface area contributed by atoms with Crippen LogP contribution >= 0.6 is 0 Å². The summed E-state index contributed by atoms with van der Waals surface area (Å²) in [4.78, 5) is 21.0. The maximum Gasteiger partial charge on any atom is 0.225 e. The summed E-state index contributed by atoms with van der Waals surface area (Å²) >= 11 is 0.